The summed E-state index contributed by atoms with van der Waals surface area (Å²) >= 11 is 0. The molecule has 2 N–H and O–H groups in total. The largest absolute Gasteiger partial charge is 0.484 e. The van der Waals surface area contributed by atoms with Crippen LogP contribution in [-0.2, 0) is 0 Å². The summed E-state index contributed by atoms with van der Waals surface area (Å²) in [5.74, 6) is 0.884. The molecule has 2 aromatic rings. The van der Waals surface area contributed by atoms with E-state index in [2.05, 4.69) is 52.0 Å². The molecule has 0 saturated carbocycles. The zero-order chi connectivity index (χ0) is 15.4. The highest BCUT2D eigenvalue weighted by Crippen LogP contribution is 2.28. The second-order valence-corrected chi connectivity index (χ2v) is 5.71. The van der Waals surface area contributed by atoms with Gasteiger partial charge in [0.25, 0.3) is 0 Å². The molecule has 0 fully saturated rings. The maximum Gasteiger partial charge on any atom is 0.139 e. The Balaban J connectivity index is 2.33. The molecule has 2 unspecified atom stereocenters. The van der Waals surface area contributed by atoms with Gasteiger partial charge >= 0.3 is 0 Å². The van der Waals surface area contributed by atoms with Gasteiger partial charge in [0.05, 0.1) is 0 Å². The van der Waals surface area contributed by atoms with E-state index in [0.29, 0.717) is 0 Å². The lowest BCUT2D eigenvalue weighted by Gasteiger charge is -2.26. The third-order valence-corrected chi connectivity index (χ3v) is 4.10. The van der Waals surface area contributed by atoms with E-state index in [9.17, 15) is 0 Å². The lowest BCUT2D eigenvalue weighted by atomic mass is 9.96. The van der Waals surface area contributed by atoms with Crippen LogP contribution in [0.15, 0.2) is 42.5 Å². The molecule has 21 heavy (non-hydrogen) atoms. The van der Waals surface area contributed by atoms with E-state index in [1.807, 2.05) is 18.2 Å². The highest BCUT2D eigenvalue weighted by Gasteiger charge is 2.22. The number of aryl methyl sites for hydroxylation is 3. The van der Waals surface area contributed by atoms with Crippen molar-refractivity contribution >= 4 is 0 Å². The molecule has 2 atom stereocenters. The first kappa shape index (κ1) is 15.6. The summed E-state index contributed by atoms with van der Waals surface area (Å²) in [5.41, 5.74) is 11.2. The first-order chi connectivity index (χ1) is 10.0. The van der Waals surface area contributed by atoms with Crippen molar-refractivity contribution < 1.29 is 4.74 Å². The van der Waals surface area contributed by atoms with Gasteiger partial charge in [0.1, 0.15) is 11.9 Å². The topological polar surface area (TPSA) is 35.2 Å². The smallest absolute Gasteiger partial charge is 0.139 e. The summed E-state index contributed by atoms with van der Waals surface area (Å²) in [7, 11) is 0. The molecule has 0 aliphatic heterocycles. The highest BCUT2D eigenvalue weighted by atomic mass is 16.5. The van der Waals surface area contributed by atoms with Crippen LogP contribution >= 0.6 is 0 Å². The number of benzene rings is 2. The Morgan fingerprint density at radius 3 is 2.29 bits per heavy atom. The van der Waals surface area contributed by atoms with Crippen molar-refractivity contribution in [3.05, 3.63) is 64.7 Å². The molecule has 0 amide bonds. The Hall–Kier alpha value is -1.80. The minimum Gasteiger partial charge on any atom is -0.484 e. The molecule has 0 aromatic heterocycles. The zero-order valence-corrected chi connectivity index (χ0v) is 13.4. The summed E-state index contributed by atoms with van der Waals surface area (Å²) in [6.07, 6.45) is 0.766. The van der Waals surface area contributed by atoms with Gasteiger partial charge in [0.2, 0.25) is 0 Å². The SMILES string of the molecule is CCC(N)C(Oc1ccc(C)c(C)c1)c1ccccc1C. The third-order valence-electron chi connectivity index (χ3n) is 4.10. The number of rotatable bonds is 5. The van der Waals surface area contributed by atoms with Crippen LogP contribution < -0.4 is 10.5 Å². The van der Waals surface area contributed by atoms with Gasteiger partial charge in [-0.1, -0.05) is 37.3 Å². The van der Waals surface area contributed by atoms with Crippen LogP contribution in [0.2, 0.25) is 0 Å². The number of hydrogen-bond acceptors (Lipinski definition) is 2. The summed E-state index contributed by atoms with van der Waals surface area (Å²) in [4.78, 5) is 0. The fourth-order valence-electron chi connectivity index (χ4n) is 2.44. The molecule has 0 bridgehead atoms. The Morgan fingerprint density at radius 2 is 1.67 bits per heavy atom. The maximum absolute atomic E-state index is 6.31. The average Bonchev–Trinajstić information content (AvgIpc) is 2.48. The molecule has 2 heteroatoms. The van der Waals surface area contributed by atoms with Crippen molar-refractivity contribution in [1.29, 1.82) is 0 Å². The Bertz CT molecular complexity index is 606. The van der Waals surface area contributed by atoms with Crippen molar-refractivity contribution in [2.24, 2.45) is 5.73 Å². The minimum absolute atomic E-state index is 0.0206. The lowest BCUT2D eigenvalue weighted by molar-refractivity contribution is 0.170. The molecule has 0 aliphatic rings. The predicted molar refractivity (Wildman–Crippen MR) is 88.7 cm³/mol. The molecule has 2 aromatic carbocycles. The second-order valence-electron chi connectivity index (χ2n) is 5.71. The van der Waals surface area contributed by atoms with Gasteiger partial charge in [0, 0.05) is 6.04 Å². The van der Waals surface area contributed by atoms with Crippen molar-refractivity contribution in [2.45, 2.75) is 46.3 Å². The number of ether oxygens (including phenoxy) is 1. The third kappa shape index (κ3) is 3.64. The Labute approximate surface area is 127 Å². The van der Waals surface area contributed by atoms with E-state index in [1.54, 1.807) is 0 Å². The lowest BCUT2D eigenvalue weighted by Crippen LogP contribution is -2.32. The van der Waals surface area contributed by atoms with Crippen LogP contribution in [0.3, 0.4) is 0 Å². The van der Waals surface area contributed by atoms with Gasteiger partial charge in [0.15, 0.2) is 0 Å². The molecular weight excluding hydrogens is 258 g/mol. The van der Waals surface area contributed by atoms with Crippen LogP contribution in [0, 0.1) is 20.8 Å². The van der Waals surface area contributed by atoms with Gasteiger partial charge in [-0.25, -0.2) is 0 Å². The molecule has 112 valence electrons. The molecule has 0 saturated heterocycles. The second kappa shape index (κ2) is 6.77. The molecule has 0 heterocycles. The first-order valence-electron chi connectivity index (χ1n) is 7.58. The van der Waals surface area contributed by atoms with Crippen molar-refractivity contribution in [2.75, 3.05) is 0 Å². The van der Waals surface area contributed by atoms with E-state index in [1.165, 1.54) is 22.3 Å². The zero-order valence-electron chi connectivity index (χ0n) is 13.4. The normalized spacial score (nSPS) is 13.8. The molecule has 0 radical (unpaired) electrons. The van der Waals surface area contributed by atoms with Crippen LogP contribution in [0.25, 0.3) is 0 Å². The van der Waals surface area contributed by atoms with Crippen LogP contribution in [0.4, 0.5) is 0 Å². The van der Waals surface area contributed by atoms with Gasteiger partial charge in [-0.15, -0.1) is 0 Å². The first-order valence-corrected chi connectivity index (χ1v) is 7.58. The van der Waals surface area contributed by atoms with Gasteiger partial charge in [-0.3, -0.25) is 0 Å². The summed E-state index contributed by atoms with van der Waals surface area (Å²) in [5, 5.41) is 0. The molecule has 0 aliphatic carbocycles. The minimum atomic E-state index is -0.113. The quantitative estimate of drug-likeness (QED) is 0.878. The Kier molecular flexibility index (Phi) is 5.03. The van der Waals surface area contributed by atoms with Crippen LogP contribution in [0.5, 0.6) is 5.75 Å². The summed E-state index contributed by atoms with van der Waals surface area (Å²) in [6, 6.07) is 14.5. The highest BCUT2D eigenvalue weighted by molar-refractivity contribution is 5.35. The van der Waals surface area contributed by atoms with Gasteiger partial charge < -0.3 is 10.5 Å². The van der Waals surface area contributed by atoms with E-state index >= 15 is 0 Å². The van der Waals surface area contributed by atoms with Gasteiger partial charge in [-0.05, 0) is 61.6 Å². The fourth-order valence-corrected chi connectivity index (χ4v) is 2.44. The van der Waals surface area contributed by atoms with Crippen LogP contribution in [-0.4, -0.2) is 6.04 Å². The van der Waals surface area contributed by atoms with E-state index in [-0.39, 0.29) is 12.1 Å². The fraction of sp³-hybridized carbons (Fsp3) is 0.368. The van der Waals surface area contributed by atoms with E-state index in [0.717, 1.165) is 12.2 Å². The number of hydrogen-bond donors (Lipinski definition) is 1. The predicted octanol–water partition coefficient (Wildman–Crippen LogP) is 4.47. The molecular formula is C19H25NO. The van der Waals surface area contributed by atoms with Gasteiger partial charge in [-0.2, -0.15) is 0 Å². The number of nitrogens with two attached hydrogens (primary N) is 1. The van der Waals surface area contributed by atoms with Crippen molar-refractivity contribution in [3.63, 3.8) is 0 Å². The van der Waals surface area contributed by atoms with E-state index < -0.39 is 0 Å². The van der Waals surface area contributed by atoms with E-state index in [4.69, 9.17) is 10.5 Å². The molecule has 0 spiro atoms. The standard InChI is InChI=1S/C19H25NO/c1-5-18(20)19(17-9-7-6-8-14(17)3)21-16-11-10-13(2)15(4)12-16/h6-12,18-19H,5,20H2,1-4H3. The monoisotopic (exact) mass is 283 g/mol. The molecule has 2 nitrogen and oxygen atoms in total. The summed E-state index contributed by atoms with van der Waals surface area (Å²) in [6.45, 7) is 8.41. The van der Waals surface area contributed by atoms with Crippen molar-refractivity contribution in [3.8, 4) is 5.75 Å². The van der Waals surface area contributed by atoms with Crippen LogP contribution in [0.1, 0.15) is 41.7 Å². The van der Waals surface area contributed by atoms with Crippen molar-refractivity contribution in [1.82, 2.24) is 0 Å². The summed E-state index contributed by atoms with van der Waals surface area (Å²) < 4.78 is 6.24. The average molecular weight is 283 g/mol. The maximum atomic E-state index is 6.31. The molecule has 2 rings (SSSR count). The Morgan fingerprint density at radius 1 is 0.952 bits per heavy atom.